The fraction of sp³-hybridized carbons (Fsp3) is 0.351. The number of carbonyl (C=O) groups is 3. The van der Waals surface area contributed by atoms with Gasteiger partial charge in [-0.1, -0.05) is 51.8 Å². The first-order valence-electron chi connectivity index (χ1n) is 16.1. The first-order valence-corrected chi connectivity index (χ1v) is 16.9. The van der Waals surface area contributed by atoms with Crippen LogP contribution in [0.2, 0.25) is 0 Å². The molecular formula is C37H42BrN5O5. The van der Waals surface area contributed by atoms with Gasteiger partial charge in [0, 0.05) is 47.5 Å². The lowest BCUT2D eigenvalue weighted by Crippen LogP contribution is -2.57. The van der Waals surface area contributed by atoms with Crippen LogP contribution in [0, 0.1) is 6.92 Å². The second-order valence-electron chi connectivity index (χ2n) is 13.2. The van der Waals surface area contributed by atoms with Gasteiger partial charge < -0.3 is 25.4 Å². The number of nitrogens with zero attached hydrogens (tertiary/aromatic N) is 3. The van der Waals surface area contributed by atoms with Crippen LogP contribution in [0.4, 0.5) is 10.5 Å². The molecule has 3 N–H and O–H groups in total. The molecule has 5 rings (SSSR count). The second-order valence-corrected chi connectivity index (χ2v) is 14.1. The normalized spacial score (nSPS) is 15.5. The molecule has 2 heterocycles. The van der Waals surface area contributed by atoms with Gasteiger partial charge in [0.25, 0.3) is 0 Å². The number of phenols is 1. The van der Waals surface area contributed by atoms with E-state index in [0.29, 0.717) is 29.9 Å². The Morgan fingerprint density at radius 3 is 2.42 bits per heavy atom. The monoisotopic (exact) mass is 715 g/mol. The second kappa shape index (κ2) is 14.6. The maximum atomic E-state index is 14.1. The van der Waals surface area contributed by atoms with Crippen molar-refractivity contribution in [2.75, 3.05) is 11.9 Å². The lowest BCUT2D eigenvalue weighted by molar-refractivity contribution is -0.142. The van der Waals surface area contributed by atoms with Crippen LogP contribution in [-0.4, -0.2) is 61.9 Å². The molecule has 10 nitrogen and oxygen atoms in total. The number of carbonyl (C=O) groups excluding carboxylic acids is 3. The molecule has 1 aromatic heterocycles. The SMILES string of the molecule is Cc1ccc(O)c(-c2nn(C)cc2-c2ccc(NC(=O)C3CCCCN3C(=O)[C@H](Cc3ccc(Br)cc3)NC(=O)OC(C)(C)C)cc2)c1. The minimum atomic E-state index is -0.921. The molecule has 0 bridgehead atoms. The molecule has 0 radical (unpaired) electrons. The zero-order valence-electron chi connectivity index (χ0n) is 27.9. The lowest BCUT2D eigenvalue weighted by Gasteiger charge is -2.37. The van der Waals surface area contributed by atoms with Gasteiger partial charge in [-0.25, -0.2) is 4.79 Å². The molecule has 0 saturated carbocycles. The molecule has 0 aliphatic carbocycles. The van der Waals surface area contributed by atoms with Gasteiger partial charge in [-0.15, -0.1) is 0 Å². The number of ether oxygens (including phenoxy) is 1. The molecule has 3 amide bonds. The van der Waals surface area contributed by atoms with Gasteiger partial charge in [-0.05, 0) is 94.5 Å². The first kappa shape index (κ1) is 34.7. The zero-order valence-corrected chi connectivity index (χ0v) is 29.5. The number of alkyl carbamates (subject to hydrolysis) is 1. The van der Waals surface area contributed by atoms with Crippen LogP contribution in [0.3, 0.4) is 0 Å². The minimum absolute atomic E-state index is 0.149. The third-order valence-corrected chi connectivity index (χ3v) is 8.66. The van der Waals surface area contributed by atoms with Gasteiger partial charge in [0.1, 0.15) is 29.1 Å². The number of hydrogen-bond donors (Lipinski definition) is 3. The van der Waals surface area contributed by atoms with E-state index in [2.05, 4.69) is 31.7 Å². The molecule has 2 atom stereocenters. The Kier molecular flexibility index (Phi) is 10.6. The molecule has 3 aromatic carbocycles. The average molecular weight is 717 g/mol. The van der Waals surface area contributed by atoms with Gasteiger partial charge in [-0.3, -0.25) is 14.3 Å². The largest absolute Gasteiger partial charge is 0.507 e. The summed E-state index contributed by atoms with van der Waals surface area (Å²) in [5, 5.41) is 20.9. The maximum absolute atomic E-state index is 14.1. The molecule has 1 aliphatic rings. The third-order valence-electron chi connectivity index (χ3n) is 8.13. The Morgan fingerprint density at radius 1 is 1.02 bits per heavy atom. The van der Waals surface area contributed by atoms with Gasteiger partial charge >= 0.3 is 6.09 Å². The van der Waals surface area contributed by atoms with E-state index in [-0.39, 0.29) is 24.0 Å². The predicted molar refractivity (Wildman–Crippen MR) is 189 cm³/mol. The Morgan fingerprint density at radius 2 is 1.73 bits per heavy atom. The van der Waals surface area contributed by atoms with Crippen LogP contribution >= 0.6 is 15.9 Å². The fourth-order valence-corrected chi connectivity index (χ4v) is 6.14. The number of hydrogen-bond acceptors (Lipinski definition) is 6. The number of nitrogens with one attached hydrogen (secondary N) is 2. The van der Waals surface area contributed by atoms with Crippen LogP contribution in [0.15, 0.2) is 77.4 Å². The zero-order chi connectivity index (χ0) is 34.6. The quantitative estimate of drug-likeness (QED) is 0.181. The number of anilines is 1. The van der Waals surface area contributed by atoms with Crippen molar-refractivity contribution < 1.29 is 24.2 Å². The highest BCUT2D eigenvalue weighted by Crippen LogP contribution is 2.36. The number of piperidine rings is 1. The summed E-state index contributed by atoms with van der Waals surface area (Å²) >= 11 is 3.44. The number of phenolic OH excluding ortho intramolecular Hbond substituents is 1. The van der Waals surface area contributed by atoms with Gasteiger partial charge in [-0.2, -0.15) is 5.10 Å². The van der Waals surface area contributed by atoms with E-state index >= 15 is 0 Å². The molecule has 1 fully saturated rings. The van der Waals surface area contributed by atoms with Crippen LogP contribution in [-0.2, 0) is 27.8 Å². The topological polar surface area (TPSA) is 126 Å². The van der Waals surface area contributed by atoms with Gasteiger partial charge in [0.05, 0.1) is 0 Å². The van der Waals surface area contributed by atoms with E-state index < -0.39 is 23.8 Å². The smallest absolute Gasteiger partial charge is 0.408 e. The van der Waals surface area contributed by atoms with E-state index in [1.165, 1.54) is 0 Å². The molecule has 1 unspecified atom stereocenters. The molecule has 4 aromatic rings. The Labute approximate surface area is 289 Å². The summed E-state index contributed by atoms with van der Waals surface area (Å²) in [5.41, 5.74) is 4.73. The van der Waals surface area contributed by atoms with Crippen molar-refractivity contribution in [2.45, 2.75) is 71.1 Å². The average Bonchev–Trinajstić information content (AvgIpc) is 3.43. The Bertz CT molecular complexity index is 1780. The van der Waals surface area contributed by atoms with Gasteiger partial charge in [0.15, 0.2) is 0 Å². The summed E-state index contributed by atoms with van der Waals surface area (Å²) in [7, 11) is 1.83. The predicted octanol–water partition coefficient (Wildman–Crippen LogP) is 6.99. The number of halogens is 1. The van der Waals surface area contributed by atoms with Crippen LogP contribution in [0.1, 0.15) is 51.2 Å². The van der Waals surface area contributed by atoms with E-state index in [9.17, 15) is 19.5 Å². The standard InChI is InChI=1S/C37H42BrN5O5/c1-23-9-18-32(44)28(20-23)33-29(22-42(5)41-33)25-12-16-27(17-13-25)39-34(45)31-8-6-7-19-43(31)35(46)30(40-36(47)48-37(2,3)4)21-24-10-14-26(38)15-11-24/h9-18,20,22,30-31,44H,6-8,19,21H2,1-5H3,(H,39,45)(H,40,47)/t30-,31?/m0/s1. The van der Waals surface area contributed by atoms with Crippen LogP contribution < -0.4 is 10.6 Å². The van der Waals surface area contributed by atoms with E-state index in [0.717, 1.165) is 39.6 Å². The molecule has 48 heavy (non-hydrogen) atoms. The molecule has 252 valence electrons. The molecule has 0 spiro atoms. The number of rotatable bonds is 8. The van der Waals surface area contributed by atoms with Crippen molar-refractivity contribution in [1.82, 2.24) is 20.0 Å². The lowest BCUT2D eigenvalue weighted by atomic mass is 9.97. The number of aryl methyl sites for hydroxylation is 2. The van der Waals surface area contributed by atoms with E-state index in [1.807, 2.05) is 80.8 Å². The number of likely N-dealkylation sites (tertiary alicyclic amines) is 1. The van der Waals surface area contributed by atoms with Crippen molar-refractivity contribution in [3.63, 3.8) is 0 Å². The number of aromatic hydroxyl groups is 1. The summed E-state index contributed by atoms with van der Waals surface area (Å²) in [6, 6.07) is 18.8. The van der Waals surface area contributed by atoms with E-state index in [4.69, 9.17) is 4.74 Å². The number of aromatic nitrogens is 2. The molecule has 1 aliphatic heterocycles. The highest BCUT2D eigenvalue weighted by molar-refractivity contribution is 9.10. The number of benzene rings is 3. The van der Waals surface area contributed by atoms with Gasteiger partial charge in [0.2, 0.25) is 11.8 Å². The van der Waals surface area contributed by atoms with Crippen molar-refractivity contribution in [3.8, 4) is 28.1 Å². The summed E-state index contributed by atoms with van der Waals surface area (Å²) in [4.78, 5) is 42.2. The summed E-state index contributed by atoms with van der Waals surface area (Å²) in [6.07, 6.45) is 3.51. The molecule has 1 saturated heterocycles. The van der Waals surface area contributed by atoms with E-state index in [1.54, 1.807) is 36.4 Å². The highest BCUT2D eigenvalue weighted by atomic mass is 79.9. The van der Waals surface area contributed by atoms with Crippen LogP contribution in [0.5, 0.6) is 5.75 Å². The van der Waals surface area contributed by atoms with Crippen LogP contribution in [0.25, 0.3) is 22.4 Å². The van der Waals surface area contributed by atoms with Crippen molar-refractivity contribution in [3.05, 3.63) is 88.5 Å². The molecule has 11 heteroatoms. The third kappa shape index (κ3) is 8.63. The highest BCUT2D eigenvalue weighted by Gasteiger charge is 2.37. The minimum Gasteiger partial charge on any atom is -0.507 e. The summed E-state index contributed by atoms with van der Waals surface area (Å²) in [6.45, 7) is 7.66. The van der Waals surface area contributed by atoms with Crippen molar-refractivity contribution in [2.24, 2.45) is 7.05 Å². The first-order chi connectivity index (χ1) is 22.8. The molecular weight excluding hydrogens is 674 g/mol. The van der Waals surface area contributed by atoms with Crippen molar-refractivity contribution in [1.29, 1.82) is 0 Å². The maximum Gasteiger partial charge on any atom is 0.408 e. The van der Waals surface area contributed by atoms with Crippen molar-refractivity contribution >= 4 is 39.5 Å². The summed E-state index contributed by atoms with van der Waals surface area (Å²) in [5.74, 6) is -0.471. The number of amides is 3. The Hall–Kier alpha value is -4.64. The Balaban J connectivity index is 1.33. The fourth-order valence-electron chi connectivity index (χ4n) is 5.87. The summed E-state index contributed by atoms with van der Waals surface area (Å²) < 4.78 is 8.09.